The fourth-order valence-electron chi connectivity index (χ4n) is 2.00. The van der Waals surface area contributed by atoms with Crippen molar-refractivity contribution < 1.29 is 14.6 Å². The number of imidazole rings is 1. The van der Waals surface area contributed by atoms with E-state index in [0.29, 0.717) is 17.2 Å². The third kappa shape index (κ3) is 1.97. The highest BCUT2D eigenvalue weighted by Gasteiger charge is 2.13. The summed E-state index contributed by atoms with van der Waals surface area (Å²) in [6.07, 6.45) is 5.35. The summed E-state index contributed by atoms with van der Waals surface area (Å²) in [7, 11) is 1.44. The van der Waals surface area contributed by atoms with Gasteiger partial charge in [-0.05, 0) is 18.2 Å². The molecule has 0 aliphatic rings. The van der Waals surface area contributed by atoms with Gasteiger partial charge in [-0.1, -0.05) is 6.07 Å². The van der Waals surface area contributed by atoms with Gasteiger partial charge in [0.2, 0.25) is 5.78 Å². The first-order chi connectivity index (χ1) is 9.69. The zero-order valence-electron chi connectivity index (χ0n) is 10.6. The number of aromatic nitrogens is 3. The maximum Gasteiger partial charge on any atom is 0.339 e. The first-order valence-electron chi connectivity index (χ1n) is 5.90. The zero-order chi connectivity index (χ0) is 14.1. The average Bonchev–Trinajstić information content (AvgIpc) is 2.90. The number of ether oxygens (including phenoxy) is 1. The fraction of sp³-hybridized carbons (Fsp3) is 0.0714. The summed E-state index contributed by atoms with van der Waals surface area (Å²) in [5.41, 5.74) is 1.61. The highest BCUT2D eigenvalue weighted by Crippen LogP contribution is 2.26. The molecular weight excluding hydrogens is 258 g/mol. The Labute approximate surface area is 114 Å². The molecule has 0 amide bonds. The molecule has 100 valence electrons. The molecule has 0 saturated carbocycles. The maximum atomic E-state index is 11.1. The lowest BCUT2D eigenvalue weighted by Crippen LogP contribution is -2.00. The van der Waals surface area contributed by atoms with Crippen LogP contribution in [0.25, 0.3) is 17.0 Å². The quantitative estimate of drug-likeness (QED) is 0.788. The van der Waals surface area contributed by atoms with Crippen LogP contribution < -0.4 is 4.74 Å². The lowest BCUT2D eigenvalue weighted by atomic mass is 10.1. The number of aromatic carboxylic acids is 1. The second-order valence-electron chi connectivity index (χ2n) is 4.17. The molecule has 0 unspecified atom stereocenters. The topological polar surface area (TPSA) is 76.7 Å². The largest absolute Gasteiger partial charge is 0.496 e. The SMILES string of the molecule is COc1cc(-c2cn3cccnc3n2)ccc1C(=O)O. The lowest BCUT2D eigenvalue weighted by Gasteiger charge is -2.06. The van der Waals surface area contributed by atoms with Gasteiger partial charge in [0, 0.05) is 24.2 Å². The van der Waals surface area contributed by atoms with E-state index in [4.69, 9.17) is 9.84 Å². The van der Waals surface area contributed by atoms with Crippen LogP contribution >= 0.6 is 0 Å². The molecule has 1 aromatic carbocycles. The van der Waals surface area contributed by atoms with E-state index >= 15 is 0 Å². The number of fused-ring (bicyclic) bond motifs is 1. The predicted molar refractivity (Wildman–Crippen MR) is 71.9 cm³/mol. The minimum atomic E-state index is -1.02. The van der Waals surface area contributed by atoms with Crippen LogP contribution in [-0.2, 0) is 0 Å². The van der Waals surface area contributed by atoms with E-state index in [1.54, 1.807) is 22.7 Å². The number of hydrogen-bond acceptors (Lipinski definition) is 4. The third-order valence-electron chi connectivity index (χ3n) is 2.96. The Kier molecular flexibility index (Phi) is 2.83. The van der Waals surface area contributed by atoms with Crippen LogP contribution in [0.1, 0.15) is 10.4 Å². The Morgan fingerprint density at radius 2 is 2.25 bits per heavy atom. The maximum absolute atomic E-state index is 11.1. The molecule has 20 heavy (non-hydrogen) atoms. The molecule has 2 aromatic heterocycles. The van der Waals surface area contributed by atoms with Gasteiger partial charge in [0.25, 0.3) is 0 Å². The van der Waals surface area contributed by atoms with Gasteiger partial charge in [-0.3, -0.25) is 4.40 Å². The average molecular weight is 269 g/mol. The Bertz CT molecular complexity index is 762. The van der Waals surface area contributed by atoms with Gasteiger partial charge in [0.15, 0.2) is 0 Å². The van der Waals surface area contributed by atoms with Crippen LogP contribution in [0.5, 0.6) is 5.75 Å². The van der Waals surface area contributed by atoms with E-state index in [1.807, 2.05) is 18.5 Å². The molecule has 6 heteroatoms. The van der Waals surface area contributed by atoms with Crippen LogP contribution in [-0.4, -0.2) is 32.6 Å². The van der Waals surface area contributed by atoms with Crippen molar-refractivity contribution >= 4 is 11.7 Å². The molecule has 6 nitrogen and oxygen atoms in total. The van der Waals surface area contributed by atoms with E-state index < -0.39 is 5.97 Å². The standard InChI is InChI=1S/C14H11N3O3/c1-20-12-7-9(3-4-10(12)13(18)19)11-8-17-6-2-5-15-14(17)16-11/h2-8H,1H3,(H,18,19). The Morgan fingerprint density at radius 3 is 2.95 bits per heavy atom. The van der Waals surface area contributed by atoms with Gasteiger partial charge in [-0.15, -0.1) is 0 Å². The number of methoxy groups -OCH3 is 1. The number of carboxylic acids is 1. The molecule has 0 fully saturated rings. The van der Waals surface area contributed by atoms with E-state index in [-0.39, 0.29) is 5.56 Å². The van der Waals surface area contributed by atoms with Crippen molar-refractivity contribution in [2.24, 2.45) is 0 Å². The fourth-order valence-corrected chi connectivity index (χ4v) is 2.00. The zero-order valence-corrected chi connectivity index (χ0v) is 10.6. The van der Waals surface area contributed by atoms with E-state index in [0.717, 1.165) is 5.56 Å². The van der Waals surface area contributed by atoms with Crippen molar-refractivity contribution in [3.63, 3.8) is 0 Å². The first-order valence-corrected chi connectivity index (χ1v) is 5.90. The van der Waals surface area contributed by atoms with E-state index in [9.17, 15) is 4.79 Å². The third-order valence-corrected chi connectivity index (χ3v) is 2.96. The van der Waals surface area contributed by atoms with Crippen molar-refractivity contribution in [2.45, 2.75) is 0 Å². The Balaban J connectivity index is 2.12. The monoisotopic (exact) mass is 269 g/mol. The van der Waals surface area contributed by atoms with Crippen LogP contribution in [0.15, 0.2) is 42.9 Å². The highest BCUT2D eigenvalue weighted by atomic mass is 16.5. The summed E-state index contributed by atoms with van der Waals surface area (Å²) in [6.45, 7) is 0. The van der Waals surface area contributed by atoms with Crippen molar-refractivity contribution in [1.29, 1.82) is 0 Å². The number of hydrogen-bond donors (Lipinski definition) is 1. The van der Waals surface area contributed by atoms with Gasteiger partial charge in [-0.25, -0.2) is 14.8 Å². The molecule has 3 aromatic rings. The summed E-state index contributed by atoms with van der Waals surface area (Å²) in [4.78, 5) is 19.6. The van der Waals surface area contributed by atoms with Gasteiger partial charge < -0.3 is 9.84 Å². The first kappa shape index (κ1) is 12.2. The number of rotatable bonds is 3. The van der Waals surface area contributed by atoms with Crippen molar-refractivity contribution in [2.75, 3.05) is 7.11 Å². The van der Waals surface area contributed by atoms with Gasteiger partial charge in [-0.2, -0.15) is 0 Å². The smallest absolute Gasteiger partial charge is 0.339 e. The molecule has 0 aliphatic carbocycles. The molecular formula is C14H11N3O3. The van der Waals surface area contributed by atoms with Gasteiger partial charge in [0.05, 0.1) is 12.8 Å². The van der Waals surface area contributed by atoms with E-state index in [1.165, 1.54) is 13.2 Å². The number of benzene rings is 1. The van der Waals surface area contributed by atoms with Gasteiger partial charge in [0.1, 0.15) is 11.3 Å². The predicted octanol–water partition coefficient (Wildman–Crippen LogP) is 2.10. The van der Waals surface area contributed by atoms with Crippen LogP contribution in [0.4, 0.5) is 0 Å². The molecule has 0 saturated heterocycles. The van der Waals surface area contributed by atoms with Crippen molar-refractivity contribution in [3.8, 4) is 17.0 Å². The van der Waals surface area contributed by atoms with Crippen LogP contribution in [0, 0.1) is 0 Å². The summed E-state index contributed by atoms with van der Waals surface area (Å²) >= 11 is 0. The van der Waals surface area contributed by atoms with Gasteiger partial charge >= 0.3 is 5.97 Å². The lowest BCUT2D eigenvalue weighted by molar-refractivity contribution is 0.0693. The van der Waals surface area contributed by atoms with E-state index in [2.05, 4.69) is 9.97 Å². The molecule has 3 rings (SSSR count). The molecule has 0 bridgehead atoms. The summed E-state index contributed by atoms with van der Waals surface area (Å²) < 4.78 is 6.91. The normalized spacial score (nSPS) is 10.7. The van der Waals surface area contributed by atoms with Crippen molar-refractivity contribution in [1.82, 2.24) is 14.4 Å². The summed E-state index contributed by atoms with van der Waals surface area (Å²) in [5, 5.41) is 9.06. The summed E-state index contributed by atoms with van der Waals surface area (Å²) in [5.74, 6) is -0.131. The second kappa shape index (κ2) is 4.65. The van der Waals surface area contributed by atoms with Crippen LogP contribution in [0.2, 0.25) is 0 Å². The Morgan fingerprint density at radius 1 is 1.40 bits per heavy atom. The molecule has 0 spiro atoms. The number of carboxylic acid groups (broad SMARTS) is 1. The molecule has 0 aliphatic heterocycles. The molecule has 0 atom stereocenters. The number of nitrogens with zero attached hydrogens (tertiary/aromatic N) is 3. The molecule has 2 heterocycles. The van der Waals surface area contributed by atoms with Crippen molar-refractivity contribution in [3.05, 3.63) is 48.4 Å². The Hall–Kier alpha value is -2.89. The highest BCUT2D eigenvalue weighted by molar-refractivity contribution is 5.91. The molecule has 0 radical (unpaired) electrons. The van der Waals surface area contributed by atoms with Crippen LogP contribution in [0.3, 0.4) is 0 Å². The minimum Gasteiger partial charge on any atom is -0.496 e. The summed E-state index contributed by atoms with van der Waals surface area (Å²) in [6, 6.07) is 6.68. The minimum absolute atomic E-state index is 0.123. The molecule has 1 N–H and O–H groups in total. The number of carbonyl (C=O) groups is 1. The second-order valence-corrected chi connectivity index (χ2v) is 4.17.